The third-order valence-corrected chi connectivity index (χ3v) is 8.36. The first-order chi connectivity index (χ1) is 14.3. The number of carbonyl (C=O) groups excluding carboxylic acids is 2. The Morgan fingerprint density at radius 3 is 2.30 bits per heavy atom. The Labute approximate surface area is 182 Å². The molecule has 3 aliphatic rings. The number of ketones is 1. The van der Waals surface area contributed by atoms with Gasteiger partial charge in [-0.25, -0.2) is 14.6 Å². The number of methoxy groups -OCH3 is 1. The summed E-state index contributed by atoms with van der Waals surface area (Å²) in [5.74, 6) is -1.55. The van der Waals surface area contributed by atoms with E-state index in [2.05, 4.69) is 4.98 Å². The second-order valence-corrected chi connectivity index (χ2v) is 9.88. The number of thiazole rings is 1. The normalized spacial score (nSPS) is 20.5. The van der Waals surface area contributed by atoms with Gasteiger partial charge in [-0.05, 0) is 56.9 Å². The first-order valence-electron chi connectivity index (χ1n) is 9.95. The molecule has 30 heavy (non-hydrogen) atoms. The molecule has 2 bridgehead atoms. The molecular formula is C22H23NO5S2. The van der Waals surface area contributed by atoms with Crippen LogP contribution in [0.25, 0.3) is 10.6 Å². The summed E-state index contributed by atoms with van der Waals surface area (Å²) < 4.78 is 4.92. The number of carboxylic acid groups (broad SMARTS) is 1. The molecule has 0 unspecified atom stereocenters. The van der Waals surface area contributed by atoms with E-state index in [-0.39, 0.29) is 24.0 Å². The van der Waals surface area contributed by atoms with E-state index in [0.29, 0.717) is 16.0 Å². The zero-order valence-corrected chi connectivity index (χ0v) is 18.7. The molecule has 2 aromatic heterocycles. The summed E-state index contributed by atoms with van der Waals surface area (Å²) in [5.41, 5.74) is 3.23. The number of thiophene rings is 1. The zero-order chi connectivity index (χ0) is 21.6. The maximum Gasteiger partial charge on any atom is 0.348 e. The summed E-state index contributed by atoms with van der Waals surface area (Å²) in [5, 5.41) is 12.4. The molecule has 0 aromatic carbocycles. The zero-order valence-electron chi connectivity index (χ0n) is 17.1. The van der Waals surface area contributed by atoms with Gasteiger partial charge in [0.2, 0.25) is 0 Å². The number of aryl methyl sites for hydroxylation is 1. The average Bonchev–Trinajstić information content (AvgIpc) is 3.29. The van der Waals surface area contributed by atoms with Crippen LogP contribution >= 0.6 is 22.7 Å². The maximum atomic E-state index is 13.4. The Balaban J connectivity index is 1.77. The highest BCUT2D eigenvalue weighted by Crippen LogP contribution is 2.47. The summed E-state index contributed by atoms with van der Waals surface area (Å²) in [6.07, 6.45) is 3.51. The maximum absolute atomic E-state index is 13.4. The lowest BCUT2D eigenvalue weighted by Crippen LogP contribution is -2.34. The van der Waals surface area contributed by atoms with Crippen molar-refractivity contribution in [3.8, 4) is 10.6 Å². The Hall–Kier alpha value is -2.32. The molecule has 1 N–H and O–H groups in total. The van der Waals surface area contributed by atoms with E-state index in [1.807, 2.05) is 19.2 Å². The van der Waals surface area contributed by atoms with E-state index in [1.165, 1.54) is 29.8 Å². The van der Waals surface area contributed by atoms with Crippen molar-refractivity contribution < 1.29 is 24.2 Å². The van der Waals surface area contributed by atoms with Gasteiger partial charge in [-0.1, -0.05) is 0 Å². The van der Waals surface area contributed by atoms with Crippen molar-refractivity contribution in [2.24, 2.45) is 11.8 Å². The van der Waals surface area contributed by atoms with Gasteiger partial charge in [-0.15, -0.1) is 22.7 Å². The van der Waals surface area contributed by atoms with Crippen LogP contribution in [0.5, 0.6) is 0 Å². The van der Waals surface area contributed by atoms with E-state index < -0.39 is 11.9 Å². The quantitative estimate of drug-likeness (QED) is 0.654. The lowest BCUT2D eigenvalue weighted by atomic mass is 9.65. The molecule has 0 atom stereocenters. The second-order valence-electron chi connectivity index (χ2n) is 7.92. The fourth-order valence-electron chi connectivity index (χ4n) is 4.75. The molecular weight excluding hydrogens is 422 g/mol. The summed E-state index contributed by atoms with van der Waals surface area (Å²) in [6, 6.07) is 0. The fraction of sp³-hybridized carbons (Fsp3) is 0.455. The molecule has 158 valence electrons. The topological polar surface area (TPSA) is 93.6 Å². The van der Waals surface area contributed by atoms with Crippen LogP contribution in [-0.4, -0.2) is 34.9 Å². The third-order valence-electron chi connectivity index (χ3n) is 6.11. The number of rotatable bonds is 6. The number of ether oxygens (including phenoxy) is 1. The van der Waals surface area contributed by atoms with E-state index in [9.17, 15) is 19.5 Å². The number of aliphatic carboxylic acids is 1. The molecule has 3 aliphatic carbocycles. The molecule has 0 amide bonds. The molecule has 1 fully saturated rings. The summed E-state index contributed by atoms with van der Waals surface area (Å²) in [7, 11) is 1.34. The Bertz CT molecular complexity index is 1070. The van der Waals surface area contributed by atoms with Crippen LogP contribution in [-0.2, 0) is 20.7 Å². The molecule has 2 heterocycles. The van der Waals surface area contributed by atoms with Crippen molar-refractivity contribution in [3.05, 3.63) is 37.5 Å². The standard InChI is InChI=1S/C22H23NO5S2/c1-10-9-29-20(23-10)16-11(2)19(22(27)28-3)30-15(16)8-14(24)17-12-4-6-13(7-5-12)18(17)21(25)26/h9,12-13H,4-8H2,1-3H3,(H,25,26). The largest absolute Gasteiger partial charge is 0.478 e. The smallest absolute Gasteiger partial charge is 0.348 e. The molecule has 8 heteroatoms. The van der Waals surface area contributed by atoms with Crippen molar-refractivity contribution in [2.45, 2.75) is 46.0 Å². The van der Waals surface area contributed by atoms with Gasteiger partial charge in [0.05, 0.1) is 7.11 Å². The van der Waals surface area contributed by atoms with Crippen LogP contribution in [0.1, 0.15) is 51.5 Å². The number of carbonyl (C=O) groups is 3. The van der Waals surface area contributed by atoms with Crippen molar-refractivity contribution in [2.75, 3.05) is 7.11 Å². The van der Waals surface area contributed by atoms with Gasteiger partial charge >= 0.3 is 11.9 Å². The lowest BCUT2D eigenvalue weighted by Gasteiger charge is -2.38. The van der Waals surface area contributed by atoms with Crippen molar-refractivity contribution in [1.29, 1.82) is 0 Å². The minimum absolute atomic E-state index is 0.0248. The number of allylic oxidation sites excluding steroid dienone is 1. The summed E-state index contributed by atoms with van der Waals surface area (Å²) in [4.78, 5) is 43.3. The number of Topliss-reactive ketones (excluding diaryl/α,β-unsaturated/α-hetero) is 1. The van der Waals surface area contributed by atoms with E-state index in [4.69, 9.17) is 4.74 Å². The molecule has 0 spiro atoms. The highest BCUT2D eigenvalue weighted by Gasteiger charge is 2.41. The Morgan fingerprint density at radius 1 is 1.13 bits per heavy atom. The third kappa shape index (κ3) is 3.52. The van der Waals surface area contributed by atoms with Crippen molar-refractivity contribution in [1.82, 2.24) is 4.98 Å². The first kappa shape index (κ1) is 20.9. The number of fused-ring (bicyclic) bond motifs is 2. The van der Waals surface area contributed by atoms with Gasteiger partial charge in [0, 0.05) is 39.1 Å². The minimum atomic E-state index is -0.971. The molecule has 5 rings (SSSR count). The van der Waals surface area contributed by atoms with Crippen molar-refractivity contribution in [3.63, 3.8) is 0 Å². The van der Waals surface area contributed by atoms with Gasteiger partial charge in [0.1, 0.15) is 9.88 Å². The molecule has 2 aromatic rings. The second kappa shape index (κ2) is 8.07. The molecule has 0 saturated heterocycles. The van der Waals surface area contributed by atoms with Crippen molar-refractivity contribution >= 4 is 40.4 Å². The van der Waals surface area contributed by atoms with E-state index in [1.54, 1.807) is 0 Å². The highest BCUT2D eigenvalue weighted by molar-refractivity contribution is 7.16. The number of nitrogens with zero attached hydrogens (tertiary/aromatic N) is 1. The molecule has 0 aliphatic heterocycles. The van der Waals surface area contributed by atoms with Gasteiger partial charge in [-0.2, -0.15) is 0 Å². The minimum Gasteiger partial charge on any atom is -0.478 e. The molecule has 6 nitrogen and oxygen atoms in total. The van der Waals surface area contributed by atoms with Crippen LogP contribution in [0.15, 0.2) is 16.5 Å². The van der Waals surface area contributed by atoms with Crippen LogP contribution in [0, 0.1) is 25.7 Å². The van der Waals surface area contributed by atoms with Crippen LogP contribution in [0.2, 0.25) is 0 Å². The average molecular weight is 446 g/mol. The van der Waals surface area contributed by atoms with Gasteiger partial charge in [-0.3, -0.25) is 4.79 Å². The molecule has 1 saturated carbocycles. The summed E-state index contributed by atoms with van der Waals surface area (Å²) >= 11 is 2.72. The highest BCUT2D eigenvalue weighted by atomic mass is 32.1. The number of hydrogen-bond acceptors (Lipinski definition) is 7. The Kier molecular flexibility index (Phi) is 5.63. The van der Waals surface area contributed by atoms with Gasteiger partial charge in [0.15, 0.2) is 5.78 Å². The van der Waals surface area contributed by atoms with E-state index in [0.717, 1.165) is 52.4 Å². The first-order valence-corrected chi connectivity index (χ1v) is 11.6. The predicted molar refractivity (Wildman–Crippen MR) is 115 cm³/mol. The van der Waals surface area contributed by atoms with Crippen LogP contribution in [0.3, 0.4) is 0 Å². The monoisotopic (exact) mass is 445 g/mol. The van der Waals surface area contributed by atoms with Crippen LogP contribution in [0.4, 0.5) is 0 Å². The van der Waals surface area contributed by atoms with E-state index >= 15 is 0 Å². The SMILES string of the molecule is COC(=O)c1sc(CC(=O)C2=C(C(=O)O)C3CCC2CC3)c(-c2nc(C)cs2)c1C. The van der Waals surface area contributed by atoms with Crippen LogP contribution < -0.4 is 0 Å². The number of hydrogen-bond donors (Lipinski definition) is 1. The molecule has 0 radical (unpaired) electrons. The number of aromatic nitrogens is 1. The summed E-state index contributed by atoms with van der Waals surface area (Å²) in [6.45, 7) is 3.74. The number of esters is 1. The predicted octanol–water partition coefficient (Wildman–Crippen LogP) is 4.59. The fourth-order valence-corrected chi connectivity index (χ4v) is 6.97. The van der Waals surface area contributed by atoms with Gasteiger partial charge < -0.3 is 9.84 Å². The van der Waals surface area contributed by atoms with Gasteiger partial charge in [0.25, 0.3) is 0 Å². The number of carboxylic acids is 1. The Morgan fingerprint density at radius 2 is 1.77 bits per heavy atom. The lowest BCUT2D eigenvalue weighted by molar-refractivity contribution is -0.134.